The largest absolute Gasteiger partial charge is 0.481 e. The predicted molar refractivity (Wildman–Crippen MR) is 73.2 cm³/mol. The number of benzene rings is 1. The molecule has 0 radical (unpaired) electrons. The Balaban J connectivity index is 2.76. The molecule has 18 heavy (non-hydrogen) atoms. The van der Waals surface area contributed by atoms with E-state index in [0.29, 0.717) is 5.56 Å². The first-order chi connectivity index (χ1) is 8.36. The molecule has 0 unspecified atom stereocenters. The van der Waals surface area contributed by atoms with Crippen LogP contribution in [-0.2, 0) is 4.79 Å². The fourth-order valence-electron chi connectivity index (χ4n) is 1.48. The molecule has 1 aromatic carbocycles. The molecule has 0 saturated carbocycles. The van der Waals surface area contributed by atoms with Crippen LogP contribution in [0.15, 0.2) is 29.2 Å². The summed E-state index contributed by atoms with van der Waals surface area (Å²) in [6, 6.07) is 7.32. The summed E-state index contributed by atoms with van der Waals surface area (Å²) in [4.78, 5) is 24.1. The third-order valence-corrected chi connectivity index (χ3v) is 3.56. The smallest absolute Gasteiger partial charge is 0.309 e. The molecule has 0 spiro atoms. The van der Waals surface area contributed by atoms with E-state index in [4.69, 9.17) is 5.11 Å². The number of rotatable bonds is 6. The van der Waals surface area contributed by atoms with Crippen molar-refractivity contribution in [3.63, 3.8) is 0 Å². The average Bonchev–Trinajstić information content (AvgIpc) is 2.29. The minimum Gasteiger partial charge on any atom is -0.481 e. The number of carboxylic acid groups (broad SMARTS) is 1. The number of aliphatic carboxylic acids is 1. The van der Waals surface area contributed by atoms with Crippen LogP contribution in [0.2, 0.25) is 0 Å². The van der Waals surface area contributed by atoms with Crippen molar-refractivity contribution in [2.45, 2.75) is 32.1 Å². The molecule has 0 aliphatic heterocycles. The van der Waals surface area contributed by atoms with Crippen LogP contribution >= 0.6 is 11.8 Å². The maximum absolute atomic E-state index is 12.0. The zero-order valence-electron chi connectivity index (χ0n) is 10.9. The molecule has 1 aromatic rings. The molecule has 0 heterocycles. The quantitative estimate of drug-likeness (QED) is 0.632. The first-order valence-corrected chi connectivity index (χ1v) is 6.85. The van der Waals surface area contributed by atoms with Crippen LogP contribution in [0.25, 0.3) is 0 Å². The number of Topliss-reactive ketones (excluding diaryl/α,β-unsaturated/α-hetero) is 1. The number of carboxylic acids is 1. The van der Waals surface area contributed by atoms with Crippen LogP contribution in [0.5, 0.6) is 0 Å². The van der Waals surface area contributed by atoms with E-state index in [-0.39, 0.29) is 12.2 Å². The molecule has 0 bridgehead atoms. The van der Waals surface area contributed by atoms with Crippen molar-refractivity contribution in [2.24, 2.45) is 5.41 Å². The van der Waals surface area contributed by atoms with Gasteiger partial charge in [-0.25, -0.2) is 0 Å². The first kappa shape index (κ1) is 14.8. The van der Waals surface area contributed by atoms with Crippen LogP contribution in [0.3, 0.4) is 0 Å². The van der Waals surface area contributed by atoms with Gasteiger partial charge in [0.25, 0.3) is 0 Å². The Morgan fingerprint density at radius 1 is 1.22 bits per heavy atom. The van der Waals surface area contributed by atoms with Crippen molar-refractivity contribution >= 4 is 23.5 Å². The van der Waals surface area contributed by atoms with Crippen molar-refractivity contribution < 1.29 is 14.7 Å². The minimum absolute atomic E-state index is 0.0165. The Kier molecular flexibility index (Phi) is 4.96. The van der Waals surface area contributed by atoms with E-state index in [1.165, 1.54) is 0 Å². The molecule has 0 fully saturated rings. The molecular weight excluding hydrogens is 248 g/mol. The van der Waals surface area contributed by atoms with Crippen molar-refractivity contribution in [1.29, 1.82) is 0 Å². The van der Waals surface area contributed by atoms with Gasteiger partial charge in [0.2, 0.25) is 0 Å². The third-order valence-electron chi connectivity index (χ3n) is 2.67. The average molecular weight is 266 g/mol. The van der Waals surface area contributed by atoms with Gasteiger partial charge in [-0.15, -0.1) is 11.8 Å². The number of carbonyl (C=O) groups is 2. The number of hydrogen-bond donors (Lipinski definition) is 1. The van der Waals surface area contributed by atoms with E-state index in [0.717, 1.165) is 10.6 Å². The number of ketones is 1. The summed E-state index contributed by atoms with van der Waals surface area (Å²) < 4.78 is 0. The van der Waals surface area contributed by atoms with Crippen LogP contribution in [0, 0.1) is 5.41 Å². The second-order valence-corrected chi connectivity index (χ2v) is 6.08. The van der Waals surface area contributed by atoms with Gasteiger partial charge in [0.15, 0.2) is 5.78 Å². The Morgan fingerprint density at radius 2 is 1.78 bits per heavy atom. The lowest BCUT2D eigenvalue weighted by Crippen LogP contribution is -2.26. The van der Waals surface area contributed by atoms with Crippen LogP contribution in [0.4, 0.5) is 0 Å². The highest BCUT2D eigenvalue weighted by atomic mass is 32.2. The molecular formula is C14H18O3S. The molecule has 3 nitrogen and oxygen atoms in total. The Morgan fingerprint density at radius 3 is 2.22 bits per heavy atom. The highest BCUT2D eigenvalue weighted by Crippen LogP contribution is 2.24. The highest BCUT2D eigenvalue weighted by molar-refractivity contribution is 7.99. The van der Waals surface area contributed by atoms with Crippen molar-refractivity contribution in [3.8, 4) is 0 Å². The van der Waals surface area contributed by atoms with Crippen molar-refractivity contribution in [3.05, 3.63) is 29.8 Å². The Labute approximate surface area is 112 Å². The van der Waals surface area contributed by atoms with Gasteiger partial charge >= 0.3 is 5.97 Å². The van der Waals surface area contributed by atoms with Crippen molar-refractivity contribution in [1.82, 2.24) is 0 Å². The lowest BCUT2D eigenvalue weighted by Gasteiger charge is -2.17. The topological polar surface area (TPSA) is 54.4 Å². The highest BCUT2D eigenvalue weighted by Gasteiger charge is 2.30. The molecule has 0 atom stereocenters. The Hall–Kier alpha value is -1.29. The Bertz CT molecular complexity index is 435. The second-order valence-electron chi connectivity index (χ2n) is 4.75. The van der Waals surface area contributed by atoms with Gasteiger partial charge in [0.05, 0.1) is 5.41 Å². The monoisotopic (exact) mass is 266 g/mol. The van der Waals surface area contributed by atoms with Crippen LogP contribution in [-0.4, -0.2) is 22.6 Å². The van der Waals surface area contributed by atoms with Crippen molar-refractivity contribution in [2.75, 3.05) is 5.75 Å². The molecule has 0 aliphatic rings. The van der Waals surface area contributed by atoms with E-state index in [2.05, 4.69) is 6.92 Å². The first-order valence-electron chi connectivity index (χ1n) is 5.86. The zero-order chi connectivity index (χ0) is 13.8. The third kappa shape index (κ3) is 3.88. The molecule has 0 amide bonds. The summed E-state index contributed by atoms with van der Waals surface area (Å²) in [5, 5.41) is 9.00. The summed E-state index contributed by atoms with van der Waals surface area (Å²) in [6.45, 7) is 5.20. The molecule has 98 valence electrons. The second kappa shape index (κ2) is 6.05. The fourth-order valence-corrected chi connectivity index (χ4v) is 2.14. The molecule has 1 N–H and O–H groups in total. The van der Waals surface area contributed by atoms with Crippen LogP contribution < -0.4 is 0 Å². The van der Waals surface area contributed by atoms with E-state index in [1.807, 2.05) is 12.1 Å². The molecule has 4 heteroatoms. The molecule has 0 saturated heterocycles. The van der Waals surface area contributed by atoms with Gasteiger partial charge < -0.3 is 5.11 Å². The SMILES string of the molecule is CCSc1ccc(C(=O)CC(C)(C)C(=O)O)cc1. The van der Waals surface area contributed by atoms with Gasteiger partial charge in [-0.3, -0.25) is 9.59 Å². The van der Waals surface area contributed by atoms with E-state index in [1.54, 1.807) is 37.7 Å². The lowest BCUT2D eigenvalue weighted by molar-refractivity contribution is -0.146. The fraction of sp³-hybridized carbons (Fsp3) is 0.429. The standard InChI is InChI=1S/C14H18O3S/c1-4-18-11-7-5-10(6-8-11)12(15)9-14(2,3)13(16)17/h5-8H,4,9H2,1-3H3,(H,16,17). The zero-order valence-corrected chi connectivity index (χ0v) is 11.7. The predicted octanol–water partition coefficient (Wildman–Crippen LogP) is 3.48. The van der Waals surface area contributed by atoms with Gasteiger partial charge in [0, 0.05) is 16.9 Å². The number of thioether (sulfide) groups is 1. The molecule has 0 aromatic heterocycles. The maximum Gasteiger partial charge on any atom is 0.309 e. The van der Waals surface area contributed by atoms with E-state index in [9.17, 15) is 9.59 Å². The summed E-state index contributed by atoms with van der Waals surface area (Å²) in [6.07, 6.45) is 0.0165. The summed E-state index contributed by atoms with van der Waals surface area (Å²) in [5.41, 5.74) is -0.446. The number of carbonyl (C=O) groups excluding carboxylic acids is 1. The van der Waals surface area contributed by atoms with E-state index < -0.39 is 11.4 Å². The van der Waals surface area contributed by atoms with Gasteiger partial charge in [-0.2, -0.15) is 0 Å². The summed E-state index contributed by atoms with van der Waals surface area (Å²) in [5.74, 6) is -0.0938. The number of hydrogen-bond acceptors (Lipinski definition) is 3. The van der Waals surface area contributed by atoms with Gasteiger partial charge in [0.1, 0.15) is 0 Å². The normalized spacial score (nSPS) is 11.3. The molecule has 0 aliphatic carbocycles. The molecule has 1 rings (SSSR count). The summed E-state index contributed by atoms with van der Waals surface area (Å²) in [7, 11) is 0. The summed E-state index contributed by atoms with van der Waals surface area (Å²) >= 11 is 1.71. The van der Waals surface area contributed by atoms with Gasteiger partial charge in [-0.05, 0) is 31.7 Å². The van der Waals surface area contributed by atoms with Crippen LogP contribution in [0.1, 0.15) is 37.6 Å². The maximum atomic E-state index is 12.0. The minimum atomic E-state index is -1.02. The van der Waals surface area contributed by atoms with Gasteiger partial charge in [-0.1, -0.05) is 19.1 Å². The van der Waals surface area contributed by atoms with E-state index >= 15 is 0 Å². The lowest BCUT2D eigenvalue weighted by atomic mass is 9.86.